The molecule has 126 valence electrons. The maximum atomic E-state index is 12.1. The predicted molar refractivity (Wildman–Crippen MR) is 93.3 cm³/mol. The molecule has 2 heterocycles. The van der Waals surface area contributed by atoms with Crippen LogP contribution in [0, 0.1) is 0 Å². The Hall–Kier alpha value is -2.83. The number of hydrazine groups is 1. The van der Waals surface area contributed by atoms with Crippen LogP contribution in [0.1, 0.15) is 21.0 Å². The third-order valence-electron chi connectivity index (χ3n) is 3.21. The fraction of sp³-hybridized carbons (Fsp3) is 0. The van der Waals surface area contributed by atoms with Crippen LogP contribution in [0.3, 0.4) is 0 Å². The average Bonchev–Trinajstić information content (AvgIpc) is 3.10. The second-order valence-corrected chi connectivity index (χ2v) is 5.75. The number of carbonyl (C=O) groups excluding carboxylic acids is 2. The van der Waals surface area contributed by atoms with Crippen LogP contribution in [0.2, 0.25) is 10.0 Å². The van der Waals surface area contributed by atoms with Crippen LogP contribution in [0.5, 0.6) is 0 Å². The van der Waals surface area contributed by atoms with E-state index in [1.165, 1.54) is 18.3 Å². The lowest BCUT2D eigenvalue weighted by atomic mass is 10.2. The summed E-state index contributed by atoms with van der Waals surface area (Å²) >= 11 is 12.0. The SMILES string of the molecule is O=C(NNC(=O)c1ccc(-c2ccc(Cl)cc2Cl)o1)c1ccccn1. The maximum absolute atomic E-state index is 12.1. The van der Waals surface area contributed by atoms with Crippen LogP contribution in [-0.4, -0.2) is 16.8 Å². The average molecular weight is 376 g/mol. The zero-order valence-electron chi connectivity index (χ0n) is 12.6. The number of carbonyl (C=O) groups is 2. The van der Waals surface area contributed by atoms with E-state index in [9.17, 15) is 9.59 Å². The Morgan fingerprint density at radius 2 is 1.76 bits per heavy atom. The highest BCUT2D eigenvalue weighted by Gasteiger charge is 2.15. The fourth-order valence-electron chi connectivity index (χ4n) is 2.03. The van der Waals surface area contributed by atoms with E-state index < -0.39 is 11.8 Å². The lowest BCUT2D eigenvalue weighted by Crippen LogP contribution is -2.41. The van der Waals surface area contributed by atoms with Crippen molar-refractivity contribution in [1.82, 2.24) is 15.8 Å². The quantitative estimate of drug-likeness (QED) is 0.683. The molecule has 1 aromatic carbocycles. The molecule has 3 aromatic rings. The zero-order valence-corrected chi connectivity index (χ0v) is 14.1. The van der Waals surface area contributed by atoms with Gasteiger partial charge in [0.2, 0.25) is 0 Å². The van der Waals surface area contributed by atoms with Gasteiger partial charge >= 0.3 is 5.91 Å². The highest BCUT2D eigenvalue weighted by molar-refractivity contribution is 6.36. The minimum atomic E-state index is -0.611. The smallest absolute Gasteiger partial charge is 0.305 e. The van der Waals surface area contributed by atoms with E-state index >= 15 is 0 Å². The number of furan rings is 1. The molecule has 0 unspecified atom stereocenters. The summed E-state index contributed by atoms with van der Waals surface area (Å²) in [5, 5.41) is 0.896. The first kappa shape index (κ1) is 17.0. The molecule has 0 saturated carbocycles. The largest absolute Gasteiger partial charge is 0.451 e. The van der Waals surface area contributed by atoms with Crippen molar-refractivity contribution < 1.29 is 14.0 Å². The number of benzene rings is 1. The van der Waals surface area contributed by atoms with Crippen molar-refractivity contribution in [2.24, 2.45) is 0 Å². The Kier molecular flexibility index (Phi) is 5.02. The van der Waals surface area contributed by atoms with Crippen molar-refractivity contribution >= 4 is 35.0 Å². The summed E-state index contributed by atoms with van der Waals surface area (Å²) < 4.78 is 5.48. The Morgan fingerprint density at radius 3 is 2.48 bits per heavy atom. The second kappa shape index (κ2) is 7.38. The van der Waals surface area contributed by atoms with Crippen LogP contribution >= 0.6 is 23.2 Å². The first-order chi connectivity index (χ1) is 12.0. The summed E-state index contributed by atoms with van der Waals surface area (Å²) in [4.78, 5) is 27.8. The van der Waals surface area contributed by atoms with Crippen molar-refractivity contribution in [1.29, 1.82) is 0 Å². The first-order valence-corrected chi connectivity index (χ1v) is 7.87. The van der Waals surface area contributed by atoms with Crippen molar-refractivity contribution in [2.45, 2.75) is 0 Å². The standard InChI is InChI=1S/C17H11Cl2N3O3/c18-10-4-5-11(12(19)9-10)14-6-7-15(25-14)17(24)22-21-16(23)13-3-1-2-8-20-13/h1-9H,(H,21,23)(H,22,24). The van der Waals surface area contributed by atoms with Crippen LogP contribution in [-0.2, 0) is 0 Å². The number of amides is 2. The van der Waals surface area contributed by atoms with Crippen molar-refractivity contribution in [2.75, 3.05) is 0 Å². The topological polar surface area (TPSA) is 84.2 Å². The maximum Gasteiger partial charge on any atom is 0.305 e. The van der Waals surface area contributed by atoms with Crippen LogP contribution in [0.25, 0.3) is 11.3 Å². The molecule has 0 spiro atoms. The van der Waals surface area contributed by atoms with Gasteiger partial charge in [0.1, 0.15) is 11.5 Å². The molecule has 2 amide bonds. The van der Waals surface area contributed by atoms with E-state index in [0.717, 1.165) is 0 Å². The number of hydrogen-bond donors (Lipinski definition) is 2. The monoisotopic (exact) mass is 375 g/mol. The molecule has 0 aliphatic rings. The summed E-state index contributed by atoms with van der Waals surface area (Å²) in [6.45, 7) is 0. The number of nitrogens with one attached hydrogen (secondary N) is 2. The van der Waals surface area contributed by atoms with Gasteiger partial charge in [-0.2, -0.15) is 0 Å². The van der Waals surface area contributed by atoms with Gasteiger partial charge in [0.05, 0.1) is 5.02 Å². The Labute approximate surface area is 152 Å². The lowest BCUT2D eigenvalue weighted by molar-refractivity contribution is 0.0829. The van der Waals surface area contributed by atoms with E-state index in [2.05, 4.69) is 15.8 Å². The van der Waals surface area contributed by atoms with Gasteiger partial charge in [-0.25, -0.2) is 0 Å². The van der Waals surface area contributed by atoms with Gasteiger partial charge < -0.3 is 4.42 Å². The highest BCUT2D eigenvalue weighted by Crippen LogP contribution is 2.31. The molecule has 0 saturated heterocycles. The fourth-order valence-corrected chi connectivity index (χ4v) is 2.53. The second-order valence-electron chi connectivity index (χ2n) is 4.91. The van der Waals surface area contributed by atoms with Gasteiger partial charge in [-0.05, 0) is 42.5 Å². The van der Waals surface area contributed by atoms with E-state index in [1.807, 2.05) is 0 Å². The summed E-state index contributed by atoms with van der Waals surface area (Å²) in [6.07, 6.45) is 1.48. The van der Waals surface area contributed by atoms with Gasteiger partial charge in [0.15, 0.2) is 5.76 Å². The van der Waals surface area contributed by atoms with Gasteiger partial charge in [-0.1, -0.05) is 29.3 Å². The molecule has 0 aliphatic heterocycles. The number of aromatic nitrogens is 1. The number of rotatable bonds is 3. The molecule has 25 heavy (non-hydrogen) atoms. The third-order valence-corrected chi connectivity index (χ3v) is 3.76. The normalized spacial score (nSPS) is 10.3. The van der Waals surface area contributed by atoms with E-state index in [1.54, 1.807) is 36.4 Å². The lowest BCUT2D eigenvalue weighted by Gasteiger charge is -2.05. The van der Waals surface area contributed by atoms with E-state index in [4.69, 9.17) is 27.6 Å². The van der Waals surface area contributed by atoms with Crippen molar-refractivity contribution in [3.8, 4) is 11.3 Å². The Balaban J connectivity index is 1.68. The molecule has 3 rings (SSSR count). The summed E-state index contributed by atoms with van der Waals surface area (Å²) in [7, 11) is 0. The van der Waals surface area contributed by atoms with Gasteiger partial charge in [-0.15, -0.1) is 0 Å². The van der Waals surface area contributed by atoms with E-state index in [-0.39, 0.29) is 11.5 Å². The molecule has 2 aromatic heterocycles. The molecule has 0 aliphatic carbocycles. The Bertz CT molecular complexity index is 926. The van der Waals surface area contributed by atoms with Crippen LogP contribution < -0.4 is 10.9 Å². The van der Waals surface area contributed by atoms with Crippen LogP contribution in [0.15, 0.2) is 59.1 Å². The van der Waals surface area contributed by atoms with Crippen molar-refractivity contribution in [3.63, 3.8) is 0 Å². The van der Waals surface area contributed by atoms with Gasteiger partial charge in [0.25, 0.3) is 5.91 Å². The summed E-state index contributed by atoms with van der Waals surface area (Å²) in [6, 6.07) is 12.9. The van der Waals surface area contributed by atoms with E-state index in [0.29, 0.717) is 21.4 Å². The third kappa shape index (κ3) is 3.99. The number of halogens is 2. The Morgan fingerprint density at radius 1 is 0.960 bits per heavy atom. The molecule has 0 atom stereocenters. The van der Waals surface area contributed by atoms with Crippen LogP contribution in [0.4, 0.5) is 0 Å². The van der Waals surface area contributed by atoms with Gasteiger partial charge in [-0.3, -0.25) is 25.4 Å². The molecular weight excluding hydrogens is 365 g/mol. The minimum Gasteiger partial charge on any atom is -0.451 e. The van der Waals surface area contributed by atoms with Crippen molar-refractivity contribution in [3.05, 3.63) is 76.2 Å². The molecular formula is C17H11Cl2N3O3. The van der Waals surface area contributed by atoms with Gasteiger partial charge in [0, 0.05) is 16.8 Å². The number of pyridine rings is 1. The first-order valence-electron chi connectivity index (χ1n) is 7.11. The number of hydrogen-bond acceptors (Lipinski definition) is 4. The molecule has 6 nitrogen and oxygen atoms in total. The molecule has 8 heteroatoms. The predicted octanol–water partition coefficient (Wildman–Crippen LogP) is 3.72. The molecule has 0 fully saturated rings. The summed E-state index contributed by atoms with van der Waals surface area (Å²) in [5.74, 6) is -0.729. The molecule has 0 radical (unpaired) electrons. The minimum absolute atomic E-state index is 0.0161. The molecule has 0 bridgehead atoms. The zero-order chi connectivity index (χ0) is 17.8. The number of nitrogens with zero attached hydrogens (tertiary/aromatic N) is 1. The highest BCUT2D eigenvalue weighted by atomic mass is 35.5. The summed E-state index contributed by atoms with van der Waals surface area (Å²) in [5.41, 5.74) is 5.30. The molecule has 2 N–H and O–H groups in total.